The van der Waals surface area contributed by atoms with Crippen LogP contribution in [0.1, 0.15) is 34.2 Å². The zero-order valence-corrected chi connectivity index (χ0v) is 11.2. The van der Waals surface area contributed by atoms with Gasteiger partial charge in [-0.3, -0.25) is 4.79 Å². The van der Waals surface area contributed by atoms with E-state index in [-0.39, 0.29) is 11.9 Å². The highest BCUT2D eigenvalue weighted by Crippen LogP contribution is 2.39. The molecule has 2 aliphatic rings. The maximum atomic E-state index is 12.3. The van der Waals surface area contributed by atoms with Gasteiger partial charge in [-0.15, -0.1) is 0 Å². The summed E-state index contributed by atoms with van der Waals surface area (Å²) in [5, 5.41) is 0. The fourth-order valence-electron chi connectivity index (χ4n) is 3.44. The highest BCUT2D eigenvalue weighted by atomic mass is 16.1. The van der Waals surface area contributed by atoms with E-state index in [1.165, 1.54) is 0 Å². The summed E-state index contributed by atoms with van der Waals surface area (Å²) in [6, 6.07) is 16.0. The van der Waals surface area contributed by atoms with Crippen molar-refractivity contribution in [3.8, 4) is 0 Å². The molecule has 1 unspecified atom stereocenters. The molecule has 2 aliphatic heterocycles. The van der Waals surface area contributed by atoms with Crippen LogP contribution < -0.4 is 0 Å². The van der Waals surface area contributed by atoms with E-state index >= 15 is 0 Å². The number of fused-ring (bicyclic) bond motifs is 9. The molecule has 2 bridgehead atoms. The molecule has 0 saturated heterocycles. The zero-order valence-electron chi connectivity index (χ0n) is 11.2. The number of para-hydroxylation sites is 2. The molecule has 1 aromatic heterocycles. The lowest BCUT2D eigenvalue weighted by Crippen LogP contribution is -2.11. The number of hydrogen-bond acceptors (Lipinski definition) is 2. The molecule has 0 fully saturated rings. The van der Waals surface area contributed by atoms with Gasteiger partial charge in [0.1, 0.15) is 0 Å². The number of amides is 1. The lowest BCUT2D eigenvalue weighted by atomic mass is 9.99. The Labute approximate surface area is 120 Å². The monoisotopic (exact) mass is 273 g/mol. The van der Waals surface area contributed by atoms with Crippen LogP contribution in [0.15, 0.2) is 53.5 Å². The van der Waals surface area contributed by atoms with E-state index in [1.807, 2.05) is 42.5 Å². The first-order valence-corrected chi connectivity index (χ1v) is 7.01. The van der Waals surface area contributed by atoms with Crippen molar-refractivity contribution in [1.82, 2.24) is 9.55 Å². The van der Waals surface area contributed by atoms with E-state index in [0.717, 1.165) is 34.6 Å². The van der Waals surface area contributed by atoms with Crippen molar-refractivity contribution < 1.29 is 4.79 Å². The molecule has 100 valence electrons. The number of carbonyl (C=O) groups is 1. The molecule has 1 amide bonds. The Bertz CT molecular complexity index is 952. The van der Waals surface area contributed by atoms with Gasteiger partial charge in [0.05, 0.1) is 22.8 Å². The summed E-state index contributed by atoms with van der Waals surface area (Å²) in [6.07, 6.45) is 0.746. The molecule has 3 heterocycles. The molecule has 1 atom stereocenters. The third-order valence-corrected chi connectivity index (χ3v) is 4.34. The van der Waals surface area contributed by atoms with Crippen LogP contribution >= 0.6 is 0 Å². The molecule has 5 rings (SSSR count). The molecule has 0 spiro atoms. The highest BCUT2D eigenvalue weighted by molar-refractivity contribution is 6.13. The highest BCUT2D eigenvalue weighted by Gasteiger charge is 2.36. The first kappa shape index (κ1) is 11.0. The van der Waals surface area contributed by atoms with E-state index in [2.05, 4.69) is 20.6 Å². The Hall–Kier alpha value is -2.75. The molecule has 0 radical (unpaired) electrons. The van der Waals surface area contributed by atoms with E-state index in [0.29, 0.717) is 5.56 Å². The normalized spacial score (nSPS) is 19.1. The maximum Gasteiger partial charge on any atom is 0.277 e. The van der Waals surface area contributed by atoms with Crippen molar-refractivity contribution in [2.45, 2.75) is 12.5 Å². The van der Waals surface area contributed by atoms with Crippen LogP contribution in [0.4, 0.5) is 0 Å². The summed E-state index contributed by atoms with van der Waals surface area (Å²) >= 11 is 0. The average molecular weight is 273 g/mol. The lowest BCUT2D eigenvalue weighted by molar-refractivity contribution is 0.100. The standard InChI is InChI=1S/C17H11N3O/c21-17-11-6-2-1-5-10(11)15-9-13(19-17)16-18-12-7-3-4-8-14(12)20(15)16/h1-8,15H,9H2. The van der Waals surface area contributed by atoms with Gasteiger partial charge >= 0.3 is 0 Å². The minimum Gasteiger partial charge on any atom is -0.315 e. The second kappa shape index (κ2) is 3.67. The number of nitrogens with zero attached hydrogens (tertiary/aromatic N) is 3. The Morgan fingerprint density at radius 2 is 1.86 bits per heavy atom. The van der Waals surface area contributed by atoms with Crippen molar-refractivity contribution in [2.75, 3.05) is 0 Å². The molecule has 2 aromatic carbocycles. The number of rotatable bonds is 0. The molecular weight excluding hydrogens is 262 g/mol. The summed E-state index contributed by atoms with van der Waals surface area (Å²) in [4.78, 5) is 21.3. The van der Waals surface area contributed by atoms with Gasteiger partial charge < -0.3 is 4.57 Å². The van der Waals surface area contributed by atoms with E-state index in [9.17, 15) is 4.79 Å². The molecule has 0 saturated carbocycles. The van der Waals surface area contributed by atoms with Gasteiger partial charge in [-0.2, -0.15) is 0 Å². The van der Waals surface area contributed by atoms with Gasteiger partial charge in [-0.25, -0.2) is 9.98 Å². The van der Waals surface area contributed by atoms with Gasteiger partial charge in [0.25, 0.3) is 5.91 Å². The first-order valence-electron chi connectivity index (χ1n) is 7.01. The quantitative estimate of drug-likeness (QED) is 0.632. The van der Waals surface area contributed by atoms with Gasteiger partial charge in [0.2, 0.25) is 0 Å². The summed E-state index contributed by atoms with van der Waals surface area (Å²) in [5.74, 6) is 0.686. The number of aromatic nitrogens is 2. The van der Waals surface area contributed by atoms with Crippen LogP contribution in [0.3, 0.4) is 0 Å². The second-order valence-corrected chi connectivity index (χ2v) is 5.46. The van der Waals surface area contributed by atoms with Crippen molar-refractivity contribution in [3.63, 3.8) is 0 Å². The van der Waals surface area contributed by atoms with Gasteiger partial charge in [-0.1, -0.05) is 30.3 Å². The topological polar surface area (TPSA) is 47.2 Å². The Kier molecular flexibility index (Phi) is 1.91. The number of benzene rings is 2. The van der Waals surface area contributed by atoms with E-state index < -0.39 is 0 Å². The average Bonchev–Trinajstić information content (AvgIpc) is 3.00. The second-order valence-electron chi connectivity index (χ2n) is 5.46. The summed E-state index contributed by atoms with van der Waals surface area (Å²) in [7, 11) is 0. The molecule has 3 aromatic rings. The van der Waals surface area contributed by atoms with Crippen LogP contribution in [-0.4, -0.2) is 21.2 Å². The van der Waals surface area contributed by atoms with Crippen LogP contribution in [0, 0.1) is 0 Å². The fraction of sp³-hybridized carbons (Fsp3) is 0.118. The van der Waals surface area contributed by atoms with Gasteiger partial charge in [0, 0.05) is 12.0 Å². The van der Waals surface area contributed by atoms with Crippen molar-refractivity contribution in [1.29, 1.82) is 0 Å². The van der Waals surface area contributed by atoms with Gasteiger partial charge in [-0.05, 0) is 23.8 Å². The Balaban J connectivity index is 1.91. The van der Waals surface area contributed by atoms with E-state index in [4.69, 9.17) is 0 Å². The molecule has 0 aliphatic carbocycles. The predicted octanol–water partition coefficient (Wildman–Crippen LogP) is 2.97. The third-order valence-electron chi connectivity index (χ3n) is 4.34. The fourth-order valence-corrected chi connectivity index (χ4v) is 3.44. The maximum absolute atomic E-state index is 12.3. The first-order chi connectivity index (χ1) is 10.3. The van der Waals surface area contributed by atoms with Crippen molar-refractivity contribution >= 4 is 22.7 Å². The summed E-state index contributed by atoms with van der Waals surface area (Å²) in [6.45, 7) is 0. The summed E-state index contributed by atoms with van der Waals surface area (Å²) < 4.78 is 2.22. The minimum absolute atomic E-state index is 0.119. The van der Waals surface area contributed by atoms with E-state index in [1.54, 1.807) is 0 Å². The molecule has 4 nitrogen and oxygen atoms in total. The van der Waals surface area contributed by atoms with Crippen molar-refractivity contribution in [3.05, 3.63) is 65.5 Å². The smallest absolute Gasteiger partial charge is 0.277 e. The van der Waals surface area contributed by atoms with Gasteiger partial charge in [0.15, 0.2) is 5.82 Å². The van der Waals surface area contributed by atoms with Crippen LogP contribution in [0.25, 0.3) is 11.0 Å². The van der Waals surface area contributed by atoms with Crippen LogP contribution in [0.5, 0.6) is 0 Å². The molecule has 0 N–H and O–H groups in total. The summed E-state index contributed by atoms with van der Waals surface area (Å²) in [5.41, 5.74) is 4.62. The van der Waals surface area contributed by atoms with Crippen LogP contribution in [0.2, 0.25) is 0 Å². The Morgan fingerprint density at radius 3 is 2.81 bits per heavy atom. The number of aliphatic imine (C=N–C) groups is 1. The van der Waals surface area contributed by atoms with Crippen LogP contribution in [-0.2, 0) is 0 Å². The lowest BCUT2D eigenvalue weighted by Gasteiger charge is -2.16. The Morgan fingerprint density at radius 1 is 1.05 bits per heavy atom. The zero-order chi connectivity index (χ0) is 14.0. The molecule has 4 heteroatoms. The number of imidazole rings is 1. The number of hydrogen-bond donors (Lipinski definition) is 0. The predicted molar refractivity (Wildman–Crippen MR) is 79.8 cm³/mol. The SMILES string of the molecule is O=C1N=C2CC(c3ccccc31)n1c2nc2ccccc21. The largest absolute Gasteiger partial charge is 0.315 e. The number of carbonyl (C=O) groups excluding carboxylic acids is 1. The minimum atomic E-state index is -0.151. The third kappa shape index (κ3) is 1.31. The molecule has 21 heavy (non-hydrogen) atoms. The van der Waals surface area contributed by atoms with Crippen molar-refractivity contribution in [2.24, 2.45) is 4.99 Å². The molecular formula is C17H11N3O.